The van der Waals surface area contributed by atoms with Gasteiger partial charge in [0.25, 0.3) is 0 Å². The van der Waals surface area contributed by atoms with E-state index in [0.717, 1.165) is 31.8 Å². The number of aryl methyl sites for hydroxylation is 1. The quantitative estimate of drug-likeness (QED) is 0.766. The highest BCUT2D eigenvalue weighted by atomic mass is 16.5. The second-order valence-electron chi connectivity index (χ2n) is 5.43. The number of aromatic nitrogens is 3. The highest BCUT2D eigenvalue weighted by Gasteiger charge is 2.24. The van der Waals surface area contributed by atoms with Crippen molar-refractivity contribution >= 4 is 0 Å². The molecule has 106 valence electrons. The third-order valence-corrected chi connectivity index (χ3v) is 4.09. The fraction of sp³-hybridized carbons (Fsp3) is 0.846. The Morgan fingerprint density at radius 3 is 3.05 bits per heavy atom. The van der Waals surface area contributed by atoms with E-state index in [1.807, 2.05) is 11.7 Å². The maximum Gasteiger partial charge on any atom is 0.105 e. The molecule has 19 heavy (non-hydrogen) atoms. The molecule has 6 nitrogen and oxygen atoms in total. The van der Waals surface area contributed by atoms with Gasteiger partial charge in [0.15, 0.2) is 0 Å². The Morgan fingerprint density at radius 2 is 2.21 bits per heavy atom. The van der Waals surface area contributed by atoms with Gasteiger partial charge in [-0.3, -0.25) is 4.68 Å². The minimum Gasteiger partial charge on any atom is -0.378 e. The van der Waals surface area contributed by atoms with Crippen LogP contribution in [-0.4, -0.2) is 59.3 Å². The van der Waals surface area contributed by atoms with Gasteiger partial charge in [-0.2, -0.15) is 0 Å². The molecule has 0 bridgehead atoms. The van der Waals surface area contributed by atoms with Crippen LogP contribution < -0.4 is 5.32 Å². The molecule has 6 heteroatoms. The Morgan fingerprint density at radius 1 is 1.37 bits per heavy atom. The number of hydrogen-bond acceptors (Lipinski definition) is 5. The summed E-state index contributed by atoms with van der Waals surface area (Å²) in [5.41, 5.74) is 2.31. The number of hydrogen-bond donors (Lipinski definition) is 1. The zero-order chi connectivity index (χ0) is 13.1. The number of rotatable bonds is 5. The molecule has 2 aliphatic rings. The van der Waals surface area contributed by atoms with Gasteiger partial charge in [-0.05, 0) is 25.9 Å². The van der Waals surface area contributed by atoms with Crippen LogP contribution in [0.25, 0.3) is 0 Å². The van der Waals surface area contributed by atoms with Gasteiger partial charge < -0.3 is 15.0 Å². The number of nitrogens with one attached hydrogen (secondary N) is 1. The van der Waals surface area contributed by atoms with Crippen LogP contribution in [0.15, 0.2) is 0 Å². The molecule has 0 radical (unpaired) electrons. The van der Waals surface area contributed by atoms with Gasteiger partial charge in [0, 0.05) is 26.6 Å². The Labute approximate surface area is 114 Å². The average Bonchev–Trinajstić information content (AvgIpc) is 3.06. The van der Waals surface area contributed by atoms with Gasteiger partial charge in [-0.1, -0.05) is 5.21 Å². The average molecular weight is 265 g/mol. The van der Waals surface area contributed by atoms with Gasteiger partial charge in [0.1, 0.15) is 5.69 Å². The summed E-state index contributed by atoms with van der Waals surface area (Å²) in [5.74, 6) is 0. The molecule has 1 atom stereocenters. The Kier molecular flexibility index (Phi) is 4.10. The highest BCUT2D eigenvalue weighted by molar-refractivity contribution is 5.18. The van der Waals surface area contributed by atoms with Crippen LogP contribution in [0.2, 0.25) is 0 Å². The van der Waals surface area contributed by atoms with Gasteiger partial charge in [-0.25, -0.2) is 0 Å². The second-order valence-corrected chi connectivity index (χ2v) is 5.43. The number of likely N-dealkylation sites (tertiary alicyclic amines) is 1. The fourth-order valence-electron chi connectivity index (χ4n) is 2.95. The van der Waals surface area contributed by atoms with Gasteiger partial charge in [0.05, 0.1) is 24.9 Å². The van der Waals surface area contributed by atoms with E-state index in [1.54, 1.807) is 0 Å². The third kappa shape index (κ3) is 2.96. The van der Waals surface area contributed by atoms with Crippen molar-refractivity contribution in [3.05, 3.63) is 11.4 Å². The molecule has 1 saturated heterocycles. The summed E-state index contributed by atoms with van der Waals surface area (Å²) in [4.78, 5) is 2.47. The van der Waals surface area contributed by atoms with E-state index in [4.69, 9.17) is 4.74 Å². The first-order valence-electron chi connectivity index (χ1n) is 7.26. The smallest absolute Gasteiger partial charge is 0.105 e. The van der Waals surface area contributed by atoms with Crippen LogP contribution >= 0.6 is 0 Å². The van der Waals surface area contributed by atoms with E-state index in [1.165, 1.54) is 31.6 Å². The van der Waals surface area contributed by atoms with Crippen molar-refractivity contribution in [1.29, 1.82) is 0 Å². The van der Waals surface area contributed by atoms with Crippen molar-refractivity contribution in [1.82, 2.24) is 25.2 Å². The number of nitrogens with zero attached hydrogens (tertiary/aromatic N) is 4. The number of ether oxygens (including phenoxy) is 1. The molecule has 2 aliphatic heterocycles. The molecule has 0 spiro atoms. The Balaban J connectivity index is 1.45. The molecule has 1 aromatic rings. The molecule has 0 saturated carbocycles. The molecule has 0 amide bonds. The molecule has 3 rings (SSSR count). The van der Waals surface area contributed by atoms with Crippen molar-refractivity contribution in [2.45, 2.75) is 25.3 Å². The van der Waals surface area contributed by atoms with Crippen LogP contribution in [0.3, 0.4) is 0 Å². The van der Waals surface area contributed by atoms with E-state index >= 15 is 0 Å². The van der Waals surface area contributed by atoms with Crippen LogP contribution in [0.5, 0.6) is 0 Å². The first-order chi connectivity index (χ1) is 9.34. The zero-order valence-electron chi connectivity index (χ0n) is 11.6. The van der Waals surface area contributed by atoms with Crippen molar-refractivity contribution in [2.75, 3.05) is 39.4 Å². The second kappa shape index (κ2) is 5.98. The van der Waals surface area contributed by atoms with E-state index in [-0.39, 0.29) is 6.04 Å². The lowest BCUT2D eigenvalue weighted by Gasteiger charge is -2.23. The van der Waals surface area contributed by atoms with E-state index in [0.29, 0.717) is 6.61 Å². The number of fused-ring (bicyclic) bond motifs is 1. The topological polar surface area (TPSA) is 55.2 Å². The highest BCUT2D eigenvalue weighted by Crippen LogP contribution is 2.19. The Bertz CT molecular complexity index is 413. The van der Waals surface area contributed by atoms with Crippen LogP contribution in [0.4, 0.5) is 0 Å². The monoisotopic (exact) mass is 265 g/mol. The molecule has 1 fully saturated rings. The van der Waals surface area contributed by atoms with Crippen LogP contribution in [0.1, 0.15) is 30.3 Å². The fourth-order valence-corrected chi connectivity index (χ4v) is 2.95. The molecule has 1 N–H and O–H groups in total. The maximum atomic E-state index is 5.82. The first kappa shape index (κ1) is 13.0. The van der Waals surface area contributed by atoms with E-state index < -0.39 is 0 Å². The third-order valence-electron chi connectivity index (χ3n) is 4.09. The summed E-state index contributed by atoms with van der Waals surface area (Å²) in [6, 6.07) is 0.205. The predicted octanol–water partition coefficient (Wildman–Crippen LogP) is 0.114. The summed E-state index contributed by atoms with van der Waals surface area (Å²) >= 11 is 0. The molecule has 0 aromatic carbocycles. The lowest BCUT2D eigenvalue weighted by Crippen LogP contribution is -2.34. The lowest BCUT2D eigenvalue weighted by atomic mass is 10.1. The van der Waals surface area contributed by atoms with Gasteiger partial charge in [-0.15, -0.1) is 5.10 Å². The lowest BCUT2D eigenvalue weighted by molar-refractivity contribution is 0.0902. The van der Waals surface area contributed by atoms with Crippen molar-refractivity contribution in [3.8, 4) is 0 Å². The first-order valence-corrected chi connectivity index (χ1v) is 7.26. The van der Waals surface area contributed by atoms with Gasteiger partial charge >= 0.3 is 0 Å². The molecule has 3 heterocycles. The van der Waals surface area contributed by atoms with Crippen LogP contribution in [0, 0.1) is 0 Å². The molecule has 0 unspecified atom stereocenters. The molecule has 1 aromatic heterocycles. The van der Waals surface area contributed by atoms with Crippen molar-refractivity contribution < 1.29 is 4.74 Å². The summed E-state index contributed by atoms with van der Waals surface area (Å²) in [6.07, 6.45) is 3.68. The largest absolute Gasteiger partial charge is 0.378 e. The zero-order valence-corrected chi connectivity index (χ0v) is 11.6. The van der Waals surface area contributed by atoms with Crippen LogP contribution in [-0.2, 0) is 18.2 Å². The summed E-state index contributed by atoms with van der Waals surface area (Å²) in [6.45, 7) is 6.01. The standard InChI is InChI=1S/C13H23N5O/c1-17-12-4-5-14-11(13(12)15-16-17)10-19-9-8-18-6-2-3-7-18/h11,14H,2-10H2,1H3/t11-/m1/s1. The summed E-state index contributed by atoms with van der Waals surface area (Å²) in [7, 11) is 1.96. The van der Waals surface area contributed by atoms with Crippen molar-refractivity contribution in [3.63, 3.8) is 0 Å². The SMILES string of the molecule is Cn1nnc2c1CCN[C@@H]2COCCN1CCCC1. The minimum atomic E-state index is 0.205. The summed E-state index contributed by atoms with van der Waals surface area (Å²) < 4.78 is 7.70. The molecular weight excluding hydrogens is 242 g/mol. The van der Waals surface area contributed by atoms with Gasteiger partial charge in [0.2, 0.25) is 0 Å². The van der Waals surface area contributed by atoms with E-state index in [2.05, 4.69) is 20.5 Å². The van der Waals surface area contributed by atoms with E-state index in [9.17, 15) is 0 Å². The normalized spacial score (nSPS) is 23.7. The van der Waals surface area contributed by atoms with Crippen molar-refractivity contribution in [2.24, 2.45) is 7.05 Å². The molecule has 0 aliphatic carbocycles. The predicted molar refractivity (Wildman–Crippen MR) is 71.9 cm³/mol. The summed E-state index contributed by atoms with van der Waals surface area (Å²) in [5, 5.41) is 11.8. The Hall–Kier alpha value is -0.980. The maximum absolute atomic E-state index is 5.82. The minimum absolute atomic E-state index is 0.205. The molecular formula is C13H23N5O.